The van der Waals surface area contributed by atoms with Gasteiger partial charge in [0.25, 0.3) is 0 Å². The van der Waals surface area contributed by atoms with Crippen LogP contribution in [0.5, 0.6) is 0 Å². The minimum Gasteiger partial charge on any atom is -0.399 e. The Morgan fingerprint density at radius 1 is 1.33 bits per heavy atom. The van der Waals surface area contributed by atoms with E-state index in [2.05, 4.69) is 19.9 Å². The van der Waals surface area contributed by atoms with Crippen LogP contribution in [0, 0.1) is 0 Å². The monoisotopic (exact) mass is 161 g/mol. The van der Waals surface area contributed by atoms with Crippen molar-refractivity contribution >= 4 is 11.8 Å². The van der Waals surface area contributed by atoms with E-state index in [0.29, 0.717) is 0 Å². The minimum absolute atomic E-state index is 0.821. The number of anilines is 1. The summed E-state index contributed by atoms with van der Waals surface area (Å²) in [4.78, 5) is 0. The lowest BCUT2D eigenvalue weighted by atomic mass is 10.1. The highest BCUT2D eigenvalue weighted by molar-refractivity contribution is 5.55. The fourth-order valence-electron chi connectivity index (χ4n) is 0.979. The highest BCUT2D eigenvalue weighted by Gasteiger charge is 1.88. The maximum absolute atomic E-state index is 5.57. The third kappa shape index (κ3) is 2.42. The molecule has 0 unspecified atom stereocenters. The van der Waals surface area contributed by atoms with Gasteiger partial charge >= 0.3 is 0 Å². The molecular formula is C11H15N. The SMILES string of the molecule is CC/C(C)=C\c1ccc(N)cc1. The molecule has 0 heterocycles. The minimum atomic E-state index is 0.821. The van der Waals surface area contributed by atoms with Crippen molar-refractivity contribution in [1.82, 2.24) is 0 Å². The molecule has 0 radical (unpaired) electrons. The van der Waals surface area contributed by atoms with Gasteiger partial charge in [0.2, 0.25) is 0 Å². The first-order valence-electron chi connectivity index (χ1n) is 4.25. The van der Waals surface area contributed by atoms with Gasteiger partial charge in [0.15, 0.2) is 0 Å². The maximum Gasteiger partial charge on any atom is 0.0314 e. The van der Waals surface area contributed by atoms with Crippen LogP contribution in [0.1, 0.15) is 25.8 Å². The Morgan fingerprint density at radius 2 is 1.92 bits per heavy atom. The average Bonchev–Trinajstić information content (AvgIpc) is 2.09. The summed E-state index contributed by atoms with van der Waals surface area (Å²) >= 11 is 0. The van der Waals surface area contributed by atoms with Gasteiger partial charge < -0.3 is 5.73 Å². The summed E-state index contributed by atoms with van der Waals surface area (Å²) in [5.74, 6) is 0. The lowest BCUT2D eigenvalue weighted by Crippen LogP contribution is -1.83. The molecule has 0 aliphatic carbocycles. The summed E-state index contributed by atoms with van der Waals surface area (Å²) in [5.41, 5.74) is 9.00. The Bertz CT molecular complexity index is 270. The van der Waals surface area contributed by atoms with Gasteiger partial charge in [0.05, 0.1) is 0 Å². The molecule has 1 aromatic carbocycles. The first kappa shape index (κ1) is 8.85. The molecule has 0 saturated carbocycles. The van der Waals surface area contributed by atoms with Crippen LogP contribution in [0.25, 0.3) is 6.08 Å². The molecule has 0 aliphatic heterocycles. The number of benzene rings is 1. The lowest BCUT2D eigenvalue weighted by molar-refractivity contribution is 1.11. The fraction of sp³-hybridized carbons (Fsp3) is 0.273. The van der Waals surface area contributed by atoms with Crippen molar-refractivity contribution < 1.29 is 0 Å². The van der Waals surface area contributed by atoms with Crippen LogP contribution in [0.15, 0.2) is 29.8 Å². The largest absolute Gasteiger partial charge is 0.399 e. The summed E-state index contributed by atoms with van der Waals surface area (Å²) in [5, 5.41) is 0. The van der Waals surface area contributed by atoms with Gasteiger partial charge in [-0.2, -0.15) is 0 Å². The normalized spacial score (nSPS) is 11.7. The maximum atomic E-state index is 5.57. The van der Waals surface area contributed by atoms with E-state index < -0.39 is 0 Å². The average molecular weight is 161 g/mol. The van der Waals surface area contributed by atoms with E-state index in [9.17, 15) is 0 Å². The molecule has 1 nitrogen and oxygen atoms in total. The molecule has 0 saturated heterocycles. The Labute approximate surface area is 73.9 Å². The molecule has 1 aromatic rings. The predicted molar refractivity (Wildman–Crippen MR) is 54.8 cm³/mol. The molecule has 0 atom stereocenters. The molecule has 0 amide bonds. The van der Waals surface area contributed by atoms with Crippen LogP contribution in [0.3, 0.4) is 0 Å². The number of allylic oxidation sites excluding steroid dienone is 1. The number of hydrogen-bond donors (Lipinski definition) is 1. The molecule has 0 aromatic heterocycles. The van der Waals surface area contributed by atoms with Crippen LogP contribution in [0.2, 0.25) is 0 Å². The van der Waals surface area contributed by atoms with E-state index in [1.165, 1.54) is 11.1 Å². The van der Waals surface area contributed by atoms with E-state index in [0.717, 1.165) is 12.1 Å². The summed E-state index contributed by atoms with van der Waals surface area (Å²) in [6.45, 7) is 4.29. The lowest BCUT2D eigenvalue weighted by Gasteiger charge is -1.97. The van der Waals surface area contributed by atoms with Gasteiger partial charge in [-0.25, -0.2) is 0 Å². The van der Waals surface area contributed by atoms with Crippen LogP contribution < -0.4 is 5.73 Å². The molecule has 64 valence electrons. The molecular weight excluding hydrogens is 146 g/mol. The van der Waals surface area contributed by atoms with Crippen LogP contribution in [-0.4, -0.2) is 0 Å². The second-order valence-corrected chi connectivity index (χ2v) is 3.01. The zero-order chi connectivity index (χ0) is 8.97. The smallest absolute Gasteiger partial charge is 0.0314 e. The number of hydrogen-bond acceptors (Lipinski definition) is 1. The molecule has 0 aliphatic rings. The van der Waals surface area contributed by atoms with Gasteiger partial charge in [-0.05, 0) is 31.0 Å². The van der Waals surface area contributed by atoms with Crippen molar-refractivity contribution in [1.29, 1.82) is 0 Å². The Morgan fingerprint density at radius 3 is 2.42 bits per heavy atom. The second kappa shape index (κ2) is 3.96. The van der Waals surface area contributed by atoms with Crippen LogP contribution >= 0.6 is 0 Å². The van der Waals surface area contributed by atoms with E-state index in [-0.39, 0.29) is 0 Å². The third-order valence-electron chi connectivity index (χ3n) is 1.91. The van der Waals surface area contributed by atoms with Gasteiger partial charge in [-0.15, -0.1) is 0 Å². The zero-order valence-corrected chi connectivity index (χ0v) is 7.67. The number of rotatable bonds is 2. The van der Waals surface area contributed by atoms with Crippen molar-refractivity contribution in [2.24, 2.45) is 0 Å². The Balaban J connectivity index is 2.84. The van der Waals surface area contributed by atoms with Gasteiger partial charge in [0.1, 0.15) is 0 Å². The first-order valence-corrected chi connectivity index (χ1v) is 4.25. The van der Waals surface area contributed by atoms with Crippen molar-refractivity contribution in [2.45, 2.75) is 20.3 Å². The standard InChI is InChI=1S/C11H15N/c1-3-9(2)8-10-4-6-11(12)7-5-10/h4-8H,3,12H2,1-2H3/b9-8-. The third-order valence-corrected chi connectivity index (χ3v) is 1.91. The van der Waals surface area contributed by atoms with Crippen LogP contribution in [0.4, 0.5) is 5.69 Å². The van der Waals surface area contributed by atoms with Crippen molar-refractivity contribution in [3.05, 3.63) is 35.4 Å². The zero-order valence-electron chi connectivity index (χ0n) is 7.67. The summed E-state index contributed by atoms with van der Waals surface area (Å²) in [6, 6.07) is 7.92. The van der Waals surface area contributed by atoms with Crippen molar-refractivity contribution in [2.75, 3.05) is 5.73 Å². The summed E-state index contributed by atoms with van der Waals surface area (Å²) in [6.07, 6.45) is 3.28. The van der Waals surface area contributed by atoms with E-state index in [1.807, 2.05) is 24.3 Å². The molecule has 0 bridgehead atoms. The van der Waals surface area contributed by atoms with Gasteiger partial charge in [-0.1, -0.05) is 30.7 Å². The Hall–Kier alpha value is -1.24. The molecule has 2 N–H and O–H groups in total. The van der Waals surface area contributed by atoms with Crippen LogP contribution in [-0.2, 0) is 0 Å². The van der Waals surface area contributed by atoms with Gasteiger partial charge in [0, 0.05) is 5.69 Å². The van der Waals surface area contributed by atoms with E-state index in [4.69, 9.17) is 5.73 Å². The van der Waals surface area contributed by atoms with Crippen molar-refractivity contribution in [3.8, 4) is 0 Å². The quantitative estimate of drug-likeness (QED) is 0.663. The molecule has 12 heavy (non-hydrogen) atoms. The van der Waals surface area contributed by atoms with Gasteiger partial charge in [-0.3, -0.25) is 0 Å². The fourth-order valence-corrected chi connectivity index (χ4v) is 0.979. The summed E-state index contributed by atoms with van der Waals surface area (Å²) < 4.78 is 0. The molecule has 1 rings (SSSR count). The number of nitrogen functional groups attached to an aromatic ring is 1. The second-order valence-electron chi connectivity index (χ2n) is 3.01. The Kier molecular flexibility index (Phi) is 2.92. The highest BCUT2D eigenvalue weighted by atomic mass is 14.5. The van der Waals surface area contributed by atoms with E-state index >= 15 is 0 Å². The molecule has 0 spiro atoms. The highest BCUT2D eigenvalue weighted by Crippen LogP contribution is 2.10. The van der Waals surface area contributed by atoms with Crippen molar-refractivity contribution in [3.63, 3.8) is 0 Å². The predicted octanol–water partition coefficient (Wildman–Crippen LogP) is 3.08. The molecule has 1 heteroatoms. The van der Waals surface area contributed by atoms with E-state index in [1.54, 1.807) is 0 Å². The first-order chi connectivity index (χ1) is 5.72. The number of nitrogens with two attached hydrogens (primary N) is 1. The molecule has 0 fully saturated rings. The topological polar surface area (TPSA) is 26.0 Å². The summed E-state index contributed by atoms with van der Waals surface area (Å²) in [7, 11) is 0.